The van der Waals surface area contributed by atoms with Crippen LogP contribution >= 0.6 is 0 Å². The van der Waals surface area contributed by atoms with Gasteiger partial charge in [-0.2, -0.15) is 0 Å². The average Bonchev–Trinajstić information content (AvgIpc) is 3.10. The molecule has 0 radical (unpaired) electrons. The van der Waals surface area contributed by atoms with Crippen molar-refractivity contribution in [3.8, 4) is 5.75 Å². The molecule has 0 aliphatic carbocycles. The normalized spacial score (nSPS) is 17.7. The van der Waals surface area contributed by atoms with Crippen LogP contribution in [0.25, 0.3) is 10.9 Å². The molecule has 0 unspecified atom stereocenters. The fourth-order valence-corrected chi connectivity index (χ4v) is 5.98. The number of anilines is 2. The third-order valence-electron chi connectivity index (χ3n) is 6.81. The summed E-state index contributed by atoms with van der Waals surface area (Å²) < 4.78 is 90.5. The number of hydrogen-bond acceptors (Lipinski definition) is 9. The number of sulfone groups is 1. The molecule has 0 saturated carbocycles. The van der Waals surface area contributed by atoms with Crippen LogP contribution in [0.4, 0.5) is 29.2 Å². The minimum Gasteiger partial charge on any atom is -0.488 e. The number of pyridine rings is 3. The smallest absolute Gasteiger partial charge is 0.265 e. The van der Waals surface area contributed by atoms with E-state index in [1.807, 2.05) is 0 Å². The number of nitrogens with zero attached hydrogens (tertiary/aromatic N) is 4. The van der Waals surface area contributed by atoms with Gasteiger partial charge in [-0.3, -0.25) is 9.78 Å². The topological polar surface area (TPSA) is 124 Å². The van der Waals surface area contributed by atoms with Gasteiger partial charge in [0.05, 0.1) is 42.4 Å². The molecule has 2 aliphatic rings. The van der Waals surface area contributed by atoms with Crippen LogP contribution < -0.4 is 15.0 Å². The summed E-state index contributed by atoms with van der Waals surface area (Å²) >= 11 is 0. The Labute approximate surface area is 236 Å². The lowest BCUT2D eigenvalue weighted by molar-refractivity contribution is 0.0938. The number of aromatic nitrogens is 3. The Balaban J connectivity index is 1.23. The molecule has 0 fully saturated rings. The Bertz CT molecular complexity index is 1820. The summed E-state index contributed by atoms with van der Waals surface area (Å²) in [6.07, 6.45) is -0.0521. The summed E-state index contributed by atoms with van der Waals surface area (Å²) in [5.74, 6) is -0.742. The summed E-state index contributed by atoms with van der Waals surface area (Å²) in [6.45, 7) is -0.683. The van der Waals surface area contributed by atoms with Crippen molar-refractivity contribution >= 4 is 38.3 Å². The van der Waals surface area contributed by atoms with Crippen molar-refractivity contribution in [2.24, 2.45) is 0 Å². The fourth-order valence-electron chi connectivity index (χ4n) is 4.64. The molecule has 42 heavy (non-hydrogen) atoms. The maximum atomic E-state index is 14.7. The lowest BCUT2D eigenvalue weighted by Gasteiger charge is -2.29. The first-order valence-corrected chi connectivity index (χ1v) is 14.2. The number of rotatable bonds is 5. The number of carbonyl (C=O) groups is 1. The van der Waals surface area contributed by atoms with Gasteiger partial charge < -0.3 is 19.7 Å². The molecule has 1 aromatic carbocycles. The summed E-state index contributed by atoms with van der Waals surface area (Å²) in [4.78, 5) is 27.1. The molecular formula is C27H21F4N5O5S. The molecule has 1 N–H and O–H groups in total. The van der Waals surface area contributed by atoms with Crippen LogP contribution in [0, 0.1) is 5.82 Å². The van der Waals surface area contributed by atoms with Gasteiger partial charge >= 0.3 is 0 Å². The van der Waals surface area contributed by atoms with Gasteiger partial charge in [-0.15, -0.1) is 0 Å². The lowest BCUT2D eigenvalue weighted by Crippen LogP contribution is -2.30. The number of ether oxygens (including phenoxy) is 2. The highest BCUT2D eigenvalue weighted by Crippen LogP contribution is 2.37. The summed E-state index contributed by atoms with van der Waals surface area (Å²) in [7, 11) is -4.55. The van der Waals surface area contributed by atoms with Crippen LogP contribution in [-0.4, -0.2) is 54.5 Å². The Morgan fingerprint density at radius 1 is 1.14 bits per heavy atom. The zero-order chi connectivity index (χ0) is 29.6. The molecule has 218 valence electrons. The molecule has 4 aromatic rings. The van der Waals surface area contributed by atoms with Crippen LogP contribution in [0.15, 0.2) is 53.7 Å². The Morgan fingerprint density at radius 3 is 2.79 bits per heavy atom. The van der Waals surface area contributed by atoms with Crippen LogP contribution in [0.5, 0.6) is 5.75 Å². The number of alkyl halides is 3. The number of fused-ring (bicyclic) bond motifs is 3. The summed E-state index contributed by atoms with van der Waals surface area (Å²) in [5, 5.41) is 3.24. The molecule has 0 saturated heterocycles. The van der Waals surface area contributed by atoms with E-state index in [0.29, 0.717) is 34.8 Å². The monoisotopic (exact) mass is 603 g/mol. The van der Waals surface area contributed by atoms with Crippen molar-refractivity contribution in [3.63, 3.8) is 0 Å². The Kier molecular flexibility index (Phi) is 7.14. The standard InChI is InChI=1S/C27H21F4N5O5S/c28-19-5-15(7-22-18(19)12-40-13-23(29)42(22,38)39)27(37)34-11-17-8-20-14(9-32-17)1-2-24(35-20)36-3-4-41-21-6-16(25(30)31)10-33-26(21)36/h1-2,5-10,23,25H,3-4,11-13H2,(H,34,37)/t23-/m1/s1. The first-order valence-electron chi connectivity index (χ1n) is 12.6. The van der Waals surface area contributed by atoms with Gasteiger partial charge in [0.1, 0.15) is 18.2 Å². The summed E-state index contributed by atoms with van der Waals surface area (Å²) in [5.41, 5.74) is -2.37. The maximum Gasteiger partial charge on any atom is 0.265 e. The van der Waals surface area contributed by atoms with Gasteiger partial charge in [-0.05, 0) is 36.4 Å². The molecule has 0 spiro atoms. The van der Waals surface area contributed by atoms with Crippen molar-refractivity contribution < 1.29 is 40.2 Å². The molecule has 15 heteroatoms. The molecule has 6 rings (SSSR count). The van der Waals surface area contributed by atoms with E-state index in [-0.39, 0.29) is 35.6 Å². The number of benzene rings is 1. The number of carbonyl (C=O) groups excluding carboxylic acids is 1. The minimum atomic E-state index is -4.55. The molecule has 0 bridgehead atoms. The largest absolute Gasteiger partial charge is 0.488 e. The minimum absolute atomic E-state index is 0.112. The molecule has 3 aromatic heterocycles. The van der Waals surface area contributed by atoms with Gasteiger partial charge in [-0.25, -0.2) is 35.9 Å². The van der Waals surface area contributed by atoms with E-state index in [2.05, 4.69) is 20.3 Å². The zero-order valence-electron chi connectivity index (χ0n) is 21.6. The second kappa shape index (κ2) is 10.8. The van der Waals surface area contributed by atoms with E-state index in [1.54, 1.807) is 29.3 Å². The molecule has 5 heterocycles. The Morgan fingerprint density at radius 2 is 1.98 bits per heavy atom. The van der Waals surface area contributed by atoms with Crippen LogP contribution in [0.2, 0.25) is 0 Å². The summed E-state index contributed by atoms with van der Waals surface area (Å²) in [6, 6.07) is 8.19. The van der Waals surface area contributed by atoms with Crippen LogP contribution in [0.1, 0.15) is 33.6 Å². The molecule has 10 nitrogen and oxygen atoms in total. The predicted octanol–water partition coefficient (Wildman–Crippen LogP) is 4.16. The van der Waals surface area contributed by atoms with Crippen molar-refractivity contribution in [2.75, 3.05) is 24.7 Å². The zero-order valence-corrected chi connectivity index (χ0v) is 22.4. The number of hydrogen-bond donors (Lipinski definition) is 1. The van der Waals surface area contributed by atoms with Crippen LogP contribution in [0.3, 0.4) is 0 Å². The van der Waals surface area contributed by atoms with Gasteiger partial charge in [0, 0.05) is 34.5 Å². The van der Waals surface area contributed by atoms with Crippen molar-refractivity contribution in [3.05, 3.63) is 77.0 Å². The molecule has 1 amide bonds. The number of amides is 1. The SMILES string of the molecule is O=C(NCc1cc2nc(N3CCOc4cc(C(F)F)cnc43)ccc2cn1)c1cc(F)c2c(c1)S(=O)(=O)[C@@H](F)COC2. The van der Waals surface area contributed by atoms with E-state index in [9.17, 15) is 30.8 Å². The highest BCUT2D eigenvalue weighted by Gasteiger charge is 2.35. The molecule has 2 aliphatic heterocycles. The van der Waals surface area contributed by atoms with E-state index < -0.39 is 51.6 Å². The van der Waals surface area contributed by atoms with Gasteiger partial charge in [-0.1, -0.05) is 0 Å². The van der Waals surface area contributed by atoms with Gasteiger partial charge in [0.2, 0.25) is 15.3 Å². The fraction of sp³-hybridized carbons (Fsp3) is 0.259. The first-order chi connectivity index (χ1) is 20.1. The highest BCUT2D eigenvalue weighted by molar-refractivity contribution is 7.92. The molecular weight excluding hydrogens is 582 g/mol. The van der Waals surface area contributed by atoms with Crippen LogP contribution in [-0.2, 0) is 27.7 Å². The van der Waals surface area contributed by atoms with E-state index in [1.165, 1.54) is 6.07 Å². The third kappa shape index (κ3) is 5.09. The number of nitrogens with one attached hydrogen (secondary N) is 1. The second-order valence-electron chi connectivity index (χ2n) is 9.52. The van der Waals surface area contributed by atoms with Crippen molar-refractivity contribution in [1.82, 2.24) is 20.3 Å². The van der Waals surface area contributed by atoms with E-state index in [4.69, 9.17) is 9.47 Å². The lowest BCUT2D eigenvalue weighted by atomic mass is 10.1. The van der Waals surface area contributed by atoms with E-state index in [0.717, 1.165) is 18.3 Å². The van der Waals surface area contributed by atoms with Crippen molar-refractivity contribution in [1.29, 1.82) is 0 Å². The van der Waals surface area contributed by atoms with E-state index >= 15 is 0 Å². The molecule has 1 atom stereocenters. The highest BCUT2D eigenvalue weighted by atomic mass is 32.2. The third-order valence-corrected chi connectivity index (χ3v) is 8.60. The average molecular weight is 604 g/mol. The van der Waals surface area contributed by atoms with Gasteiger partial charge in [0.25, 0.3) is 12.3 Å². The predicted molar refractivity (Wildman–Crippen MR) is 141 cm³/mol. The quantitative estimate of drug-likeness (QED) is 0.335. The maximum absolute atomic E-state index is 14.7. The second-order valence-corrected chi connectivity index (χ2v) is 11.6. The van der Waals surface area contributed by atoms with Crippen molar-refractivity contribution in [2.45, 2.75) is 30.0 Å². The number of halogens is 4. The first kappa shape index (κ1) is 27.8. The van der Waals surface area contributed by atoms with Gasteiger partial charge in [0.15, 0.2) is 11.6 Å². The Hall–Kier alpha value is -4.37.